The van der Waals surface area contributed by atoms with Crippen LogP contribution in [0.1, 0.15) is 90.9 Å². The van der Waals surface area contributed by atoms with E-state index in [1.54, 1.807) is 15.9 Å². The Bertz CT molecular complexity index is 1030. The second-order valence-corrected chi connectivity index (χ2v) is 16.6. The number of benzene rings is 3. The molecule has 0 N–H and O–H groups in total. The molecule has 228 valence electrons. The van der Waals surface area contributed by atoms with E-state index in [9.17, 15) is 0 Å². The SMILES string of the molecule is CCCCCCCCCCCC[PH](c1ccccc1)(c1ccccc1)c1ccccc1.CCCCN1C=CC=CC1Br. The van der Waals surface area contributed by atoms with E-state index in [0.29, 0.717) is 4.95 Å². The molecule has 0 amide bonds. The Morgan fingerprint density at radius 3 is 1.40 bits per heavy atom. The van der Waals surface area contributed by atoms with Gasteiger partial charge < -0.3 is 4.90 Å². The molecule has 0 aromatic heterocycles. The Morgan fingerprint density at radius 2 is 0.976 bits per heavy atom. The Balaban J connectivity index is 0.000000369. The van der Waals surface area contributed by atoms with Crippen LogP contribution >= 0.6 is 23.2 Å². The van der Waals surface area contributed by atoms with E-state index < -0.39 is 7.26 Å². The van der Waals surface area contributed by atoms with Crippen LogP contribution in [0, 0.1) is 0 Å². The number of allylic oxidation sites excluding steroid dienone is 2. The molecule has 0 saturated heterocycles. The van der Waals surface area contributed by atoms with E-state index in [1.165, 1.54) is 83.2 Å². The number of unbranched alkanes of at least 4 members (excludes halogenated alkanes) is 10. The number of alkyl halides is 1. The molecular formula is C39H55BrNP. The van der Waals surface area contributed by atoms with Crippen LogP contribution in [0.5, 0.6) is 0 Å². The minimum atomic E-state index is -2.01. The smallest absolute Gasteiger partial charge is 0.103 e. The standard InChI is InChI=1S/C30H41P.C9H14BrN/c1-2-3-4-5-6-7-8-9-10-20-27-31(28-21-14-11-15-22-28,29-23-16-12-17-24-29)30-25-18-13-19-26-30;1-2-3-7-11-8-5-4-6-9(11)10/h11-19,21-26,31H,2-10,20,27H2,1H3;4-6,8-9H,2-3,7H2,1H3. The van der Waals surface area contributed by atoms with E-state index >= 15 is 0 Å². The van der Waals surface area contributed by atoms with Crippen LogP contribution in [-0.4, -0.2) is 22.6 Å². The second kappa shape index (κ2) is 20.7. The molecular weight excluding hydrogens is 593 g/mol. The molecule has 1 aliphatic rings. The Kier molecular flexibility index (Phi) is 16.9. The maximum absolute atomic E-state index is 3.57. The second-order valence-electron chi connectivity index (χ2n) is 11.6. The monoisotopic (exact) mass is 647 g/mol. The maximum atomic E-state index is 3.57. The number of halogens is 1. The summed E-state index contributed by atoms with van der Waals surface area (Å²) in [6.45, 7) is 5.66. The first kappa shape index (κ1) is 34.3. The van der Waals surface area contributed by atoms with Crippen molar-refractivity contribution in [2.24, 2.45) is 0 Å². The molecule has 0 fully saturated rings. The number of hydrogen-bond donors (Lipinski definition) is 0. The van der Waals surface area contributed by atoms with Gasteiger partial charge in [0, 0.05) is 12.7 Å². The Labute approximate surface area is 267 Å². The van der Waals surface area contributed by atoms with Crippen molar-refractivity contribution in [3.63, 3.8) is 0 Å². The quantitative estimate of drug-likeness (QED) is 0.0609. The average Bonchev–Trinajstić information content (AvgIpc) is 3.05. The minimum absolute atomic E-state index is 0.402. The molecule has 3 aromatic rings. The number of hydrogen-bond acceptors (Lipinski definition) is 1. The van der Waals surface area contributed by atoms with Gasteiger partial charge in [0.15, 0.2) is 0 Å². The molecule has 4 rings (SSSR count). The molecule has 0 aliphatic carbocycles. The fourth-order valence-electron chi connectivity index (χ4n) is 6.03. The minimum Gasteiger partial charge on any atom is -0.362 e. The molecule has 3 aromatic carbocycles. The molecule has 3 heteroatoms. The summed E-state index contributed by atoms with van der Waals surface area (Å²) in [5.74, 6) is 0. The molecule has 1 nitrogen and oxygen atoms in total. The largest absolute Gasteiger partial charge is 0.362 e. The summed E-state index contributed by atoms with van der Waals surface area (Å²) in [5.41, 5.74) is 0. The summed E-state index contributed by atoms with van der Waals surface area (Å²) in [7, 11) is -2.01. The molecule has 1 atom stereocenters. The van der Waals surface area contributed by atoms with Crippen molar-refractivity contribution in [3.05, 3.63) is 115 Å². The normalized spacial score (nSPS) is 14.8. The van der Waals surface area contributed by atoms with Crippen molar-refractivity contribution < 1.29 is 0 Å². The van der Waals surface area contributed by atoms with Gasteiger partial charge in [-0.1, -0.05) is 41.4 Å². The maximum Gasteiger partial charge on any atom is 0.103 e. The van der Waals surface area contributed by atoms with Crippen LogP contribution in [0.4, 0.5) is 0 Å². The zero-order chi connectivity index (χ0) is 29.7. The molecule has 0 saturated carbocycles. The van der Waals surface area contributed by atoms with Crippen LogP contribution in [0.2, 0.25) is 0 Å². The van der Waals surface area contributed by atoms with Gasteiger partial charge in [-0.25, -0.2) is 0 Å². The third-order valence-corrected chi connectivity index (χ3v) is 14.3. The van der Waals surface area contributed by atoms with Crippen LogP contribution < -0.4 is 15.9 Å². The third-order valence-electron chi connectivity index (χ3n) is 8.45. The van der Waals surface area contributed by atoms with Crippen molar-refractivity contribution in [2.45, 2.75) is 95.8 Å². The predicted octanol–water partition coefficient (Wildman–Crippen LogP) is 10.5. The third kappa shape index (κ3) is 11.2. The summed E-state index contributed by atoms with van der Waals surface area (Å²) in [6, 6.07) is 34.1. The van der Waals surface area contributed by atoms with E-state index in [-0.39, 0.29) is 0 Å². The predicted molar refractivity (Wildman–Crippen MR) is 196 cm³/mol. The molecule has 1 unspecified atom stereocenters. The van der Waals surface area contributed by atoms with E-state index in [4.69, 9.17) is 0 Å². The number of rotatable bonds is 17. The molecule has 1 aliphatic heterocycles. The fourth-order valence-corrected chi connectivity index (χ4v) is 11.5. The molecule has 1 heterocycles. The zero-order valence-corrected chi connectivity index (χ0v) is 28.9. The topological polar surface area (TPSA) is 3.24 Å². The zero-order valence-electron chi connectivity index (χ0n) is 26.3. The van der Waals surface area contributed by atoms with Gasteiger partial charge in [0.2, 0.25) is 0 Å². The van der Waals surface area contributed by atoms with Gasteiger partial charge in [0.05, 0.1) is 0 Å². The molecule has 0 radical (unpaired) electrons. The summed E-state index contributed by atoms with van der Waals surface area (Å²) in [6.07, 6.45) is 26.2. The van der Waals surface area contributed by atoms with Crippen molar-refractivity contribution >= 4 is 39.1 Å². The van der Waals surface area contributed by atoms with Crippen LogP contribution in [0.3, 0.4) is 0 Å². The van der Waals surface area contributed by atoms with Gasteiger partial charge in [-0.2, -0.15) is 0 Å². The molecule has 42 heavy (non-hydrogen) atoms. The Morgan fingerprint density at radius 1 is 0.548 bits per heavy atom. The van der Waals surface area contributed by atoms with Crippen LogP contribution in [0.25, 0.3) is 0 Å². The first-order valence-corrected chi connectivity index (χ1v) is 19.8. The number of nitrogens with zero attached hydrogens (tertiary/aromatic N) is 1. The van der Waals surface area contributed by atoms with Crippen molar-refractivity contribution in [1.29, 1.82) is 0 Å². The van der Waals surface area contributed by atoms with Gasteiger partial charge in [-0.3, -0.25) is 0 Å². The average molecular weight is 649 g/mol. The van der Waals surface area contributed by atoms with E-state index in [0.717, 1.165) is 6.54 Å². The van der Waals surface area contributed by atoms with Crippen molar-refractivity contribution in [2.75, 3.05) is 12.7 Å². The van der Waals surface area contributed by atoms with Gasteiger partial charge in [-0.05, 0) is 12.5 Å². The van der Waals surface area contributed by atoms with Gasteiger partial charge in [-0.15, -0.1) is 0 Å². The van der Waals surface area contributed by atoms with Crippen LogP contribution in [0.15, 0.2) is 115 Å². The van der Waals surface area contributed by atoms with Gasteiger partial charge >= 0.3 is 191 Å². The fraction of sp³-hybridized carbons (Fsp3) is 0.436. The first-order chi connectivity index (χ1) is 20.7. The van der Waals surface area contributed by atoms with E-state index in [2.05, 4.69) is 150 Å². The van der Waals surface area contributed by atoms with E-state index in [1.807, 2.05) is 0 Å². The summed E-state index contributed by atoms with van der Waals surface area (Å²) in [4.78, 5) is 2.70. The molecule has 0 spiro atoms. The van der Waals surface area contributed by atoms with Crippen molar-refractivity contribution in [3.8, 4) is 0 Å². The Hall–Kier alpha value is -2.15. The summed E-state index contributed by atoms with van der Waals surface area (Å²) >= 11 is 3.57. The van der Waals surface area contributed by atoms with Gasteiger partial charge in [0.1, 0.15) is 4.95 Å². The summed E-state index contributed by atoms with van der Waals surface area (Å²) in [5, 5.41) is 4.63. The first-order valence-electron chi connectivity index (χ1n) is 16.6. The summed E-state index contributed by atoms with van der Waals surface area (Å²) < 4.78 is 0. The van der Waals surface area contributed by atoms with Crippen LogP contribution in [-0.2, 0) is 0 Å². The van der Waals surface area contributed by atoms with Gasteiger partial charge in [0.25, 0.3) is 0 Å². The molecule has 0 bridgehead atoms. The van der Waals surface area contributed by atoms with Crippen molar-refractivity contribution in [1.82, 2.24) is 4.90 Å².